The number of aliphatic hydroxyl groups is 1. The number of para-hydroxylation sites is 1. The van der Waals surface area contributed by atoms with Gasteiger partial charge in [0.1, 0.15) is 17.2 Å². The molecule has 0 radical (unpaired) electrons. The summed E-state index contributed by atoms with van der Waals surface area (Å²) in [6.45, 7) is 0.476. The summed E-state index contributed by atoms with van der Waals surface area (Å²) < 4.78 is 16.5. The van der Waals surface area contributed by atoms with Gasteiger partial charge in [0.15, 0.2) is 0 Å². The van der Waals surface area contributed by atoms with Crippen LogP contribution in [0.5, 0.6) is 17.2 Å². The first-order valence-corrected chi connectivity index (χ1v) is 10.9. The zero-order valence-corrected chi connectivity index (χ0v) is 18.5. The fourth-order valence-corrected chi connectivity index (χ4v) is 5.34. The molecule has 0 bridgehead atoms. The summed E-state index contributed by atoms with van der Waals surface area (Å²) in [7, 11) is 4.79. The molecule has 166 valence electrons. The molecule has 31 heavy (non-hydrogen) atoms. The number of rotatable bonds is 5. The lowest BCUT2D eigenvalue weighted by Gasteiger charge is -2.52. The Hall–Kier alpha value is -2.73. The van der Waals surface area contributed by atoms with E-state index in [0.29, 0.717) is 30.0 Å². The Morgan fingerprint density at radius 2 is 1.77 bits per heavy atom. The van der Waals surface area contributed by atoms with Crippen molar-refractivity contribution >= 4 is 5.91 Å². The van der Waals surface area contributed by atoms with Gasteiger partial charge in [0, 0.05) is 24.1 Å². The van der Waals surface area contributed by atoms with Crippen molar-refractivity contribution in [3.05, 3.63) is 53.6 Å². The van der Waals surface area contributed by atoms with Gasteiger partial charge in [0.25, 0.3) is 5.91 Å². The summed E-state index contributed by atoms with van der Waals surface area (Å²) in [5.74, 6) is 1.70. The standard InChI is InChI=1S/C25H31NO5/c1-29-17-11-12-19(22(16-17)31-3)24(27)26-15-14-25(28)13-7-6-9-20(25)23(26)18-8-4-5-10-21(18)30-2/h4-5,8,10-12,16,20,23,28H,6-7,9,13-15H2,1-3H3/t20-,23+,25+/m1/s1. The molecule has 6 heteroatoms. The summed E-state index contributed by atoms with van der Waals surface area (Å²) in [6.07, 6.45) is 4.30. The molecule has 6 nitrogen and oxygen atoms in total. The SMILES string of the molecule is COc1ccc(C(=O)N2CC[C@@]3(O)CCCC[C@@H]3[C@@H]2c2ccccc2OC)c(OC)c1. The Morgan fingerprint density at radius 1 is 1.00 bits per heavy atom. The van der Waals surface area contributed by atoms with Crippen LogP contribution in [0.3, 0.4) is 0 Å². The monoisotopic (exact) mass is 425 g/mol. The number of carbonyl (C=O) groups is 1. The number of hydrogen-bond donors (Lipinski definition) is 1. The minimum Gasteiger partial charge on any atom is -0.497 e. The van der Waals surface area contributed by atoms with Crippen LogP contribution in [0.2, 0.25) is 0 Å². The summed E-state index contributed by atoms with van der Waals surface area (Å²) in [5.41, 5.74) is 0.671. The number of likely N-dealkylation sites (tertiary alicyclic amines) is 1. The molecule has 0 spiro atoms. The van der Waals surface area contributed by atoms with Crippen molar-refractivity contribution in [2.45, 2.75) is 43.7 Å². The minimum absolute atomic E-state index is 0.0421. The molecule has 0 aromatic heterocycles. The molecule has 3 atom stereocenters. The van der Waals surface area contributed by atoms with Crippen molar-refractivity contribution in [3.63, 3.8) is 0 Å². The largest absolute Gasteiger partial charge is 0.497 e. The second-order valence-corrected chi connectivity index (χ2v) is 8.46. The molecule has 1 aliphatic heterocycles. The number of carbonyl (C=O) groups excluding carboxylic acids is 1. The molecule has 1 amide bonds. The number of benzene rings is 2. The van der Waals surface area contributed by atoms with Gasteiger partial charge in [-0.25, -0.2) is 0 Å². The molecule has 1 saturated carbocycles. The van der Waals surface area contributed by atoms with Crippen molar-refractivity contribution in [1.82, 2.24) is 4.90 Å². The first-order chi connectivity index (χ1) is 15.0. The van der Waals surface area contributed by atoms with Crippen molar-refractivity contribution in [2.24, 2.45) is 5.92 Å². The van der Waals surface area contributed by atoms with Crippen LogP contribution < -0.4 is 14.2 Å². The molecular weight excluding hydrogens is 394 g/mol. The summed E-state index contributed by atoms with van der Waals surface area (Å²) in [6, 6.07) is 12.8. The van der Waals surface area contributed by atoms with Crippen LogP contribution in [0.15, 0.2) is 42.5 Å². The highest BCUT2D eigenvalue weighted by Crippen LogP contribution is 2.51. The maximum Gasteiger partial charge on any atom is 0.258 e. The fourth-order valence-electron chi connectivity index (χ4n) is 5.34. The van der Waals surface area contributed by atoms with Gasteiger partial charge in [0.05, 0.1) is 38.5 Å². The van der Waals surface area contributed by atoms with E-state index in [2.05, 4.69) is 0 Å². The van der Waals surface area contributed by atoms with E-state index in [4.69, 9.17) is 14.2 Å². The lowest BCUT2D eigenvalue weighted by molar-refractivity contribution is -0.115. The van der Waals surface area contributed by atoms with Crippen LogP contribution in [0.1, 0.15) is 54.1 Å². The molecule has 2 aromatic carbocycles. The maximum atomic E-state index is 13.8. The van der Waals surface area contributed by atoms with Gasteiger partial charge >= 0.3 is 0 Å². The average molecular weight is 426 g/mol. The van der Waals surface area contributed by atoms with Gasteiger partial charge in [-0.3, -0.25) is 4.79 Å². The Bertz CT molecular complexity index is 945. The number of methoxy groups -OCH3 is 3. The normalized spacial score (nSPS) is 25.5. The second kappa shape index (κ2) is 8.79. The van der Waals surface area contributed by atoms with Crippen molar-refractivity contribution < 1.29 is 24.1 Å². The van der Waals surface area contributed by atoms with E-state index < -0.39 is 5.60 Å². The molecule has 4 rings (SSSR count). The van der Waals surface area contributed by atoms with Crippen LogP contribution in [0.25, 0.3) is 0 Å². The Kier molecular flexibility index (Phi) is 6.10. The van der Waals surface area contributed by atoms with E-state index in [1.54, 1.807) is 39.5 Å². The molecule has 1 aliphatic carbocycles. The quantitative estimate of drug-likeness (QED) is 0.777. The molecular formula is C25H31NO5. The Morgan fingerprint density at radius 3 is 2.52 bits per heavy atom. The minimum atomic E-state index is -0.759. The van der Waals surface area contributed by atoms with Crippen LogP contribution in [0.4, 0.5) is 0 Å². The van der Waals surface area contributed by atoms with Crippen LogP contribution in [-0.2, 0) is 0 Å². The van der Waals surface area contributed by atoms with Gasteiger partial charge in [-0.2, -0.15) is 0 Å². The van der Waals surface area contributed by atoms with E-state index in [1.807, 2.05) is 29.2 Å². The lowest BCUT2D eigenvalue weighted by atomic mass is 9.66. The third-order valence-electron chi connectivity index (χ3n) is 6.93. The predicted octanol–water partition coefficient (Wildman–Crippen LogP) is 4.22. The molecule has 2 aliphatic rings. The number of hydrogen-bond acceptors (Lipinski definition) is 5. The smallest absolute Gasteiger partial charge is 0.258 e. The van der Waals surface area contributed by atoms with Crippen LogP contribution in [-0.4, -0.2) is 49.4 Å². The fraction of sp³-hybridized carbons (Fsp3) is 0.480. The number of fused-ring (bicyclic) bond motifs is 1. The summed E-state index contributed by atoms with van der Waals surface area (Å²) in [4.78, 5) is 15.7. The molecule has 2 fully saturated rings. The van der Waals surface area contributed by atoms with Crippen molar-refractivity contribution in [3.8, 4) is 17.2 Å². The Labute approximate surface area is 183 Å². The van der Waals surface area contributed by atoms with Crippen molar-refractivity contribution in [2.75, 3.05) is 27.9 Å². The van der Waals surface area contributed by atoms with E-state index in [1.165, 1.54) is 0 Å². The first-order valence-electron chi connectivity index (χ1n) is 10.9. The zero-order chi connectivity index (χ0) is 22.0. The molecule has 1 N–H and O–H groups in total. The van der Waals surface area contributed by atoms with Crippen LogP contribution in [0, 0.1) is 5.92 Å². The molecule has 2 aromatic rings. The van der Waals surface area contributed by atoms with E-state index in [-0.39, 0.29) is 17.9 Å². The zero-order valence-electron chi connectivity index (χ0n) is 18.5. The van der Waals surface area contributed by atoms with Crippen LogP contribution >= 0.6 is 0 Å². The summed E-state index contributed by atoms with van der Waals surface area (Å²) >= 11 is 0. The highest BCUT2D eigenvalue weighted by atomic mass is 16.5. The van der Waals surface area contributed by atoms with E-state index in [0.717, 1.165) is 37.0 Å². The highest BCUT2D eigenvalue weighted by Gasteiger charge is 2.51. The Balaban J connectivity index is 1.79. The van der Waals surface area contributed by atoms with Gasteiger partial charge in [-0.1, -0.05) is 31.0 Å². The van der Waals surface area contributed by atoms with Crippen molar-refractivity contribution in [1.29, 1.82) is 0 Å². The topological polar surface area (TPSA) is 68.2 Å². The molecule has 1 saturated heterocycles. The number of piperidine rings is 1. The van der Waals surface area contributed by atoms with Gasteiger partial charge in [0.2, 0.25) is 0 Å². The number of nitrogens with zero attached hydrogens (tertiary/aromatic N) is 1. The third kappa shape index (κ3) is 3.85. The van der Waals surface area contributed by atoms with E-state index >= 15 is 0 Å². The summed E-state index contributed by atoms with van der Waals surface area (Å²) in [5, 5.41) is 11.5. The highest BCUT2D eigenvalue weighted by molar-refractivity contribution is 5.97. The molecule has 1 heterocycles. The predicted molar refractivity (Wildman–Crippen MR) is 118 cm³/mol. The van der Waals surface area contributed by atoms with Gasteiger partial charge < -0.3 is 24.2 Å². The van der Waals surface area contributed by atoms with E-state index in [9.17, 15) is 9.90 Å². The number of ether oxygens (including phenoxy) is 3. The lowest BCUT2D eigenvalue weighted by Crippen LogP contribution is -2.56. The third-order valence-corrected chi connectivity index (χ3v) is 6.93. The van der Waals surface area contributed by atoms with Gasteiger partial charge in [-0.05, 0) is 37.5 Å². The maximum absolute atomic E-state index is 13.8. The number of amides is 1. The first kappa shape index (κ1) is 21.5. The van der Waals surface area contributed by atoms with Gasteiger partial charge in [-0.15, -0.1) is 0 Å². The average Bonchev–Trinajstić information content (AvgIpc) is 2.82. The second-order valence-electron chi connectivity index (χ2n) is 8.46. The molecule has 0 unspecified atom stereocenters.